The van der Waals surface area contributed by atoms with Gasteiger partial charge in [-0.2, -0.15) is 0 Å². The van der Waals surface area contributed by atoms with Crippen molar-refractivity contribution >= 4 is 17.7 Å². The van der Waals surface area contributed by atoms with Gasteiger partial charge in [-0.15, -0.1) is 10.2 Å². The molecule has 0 radical (unpaired) electrons. The lowest BCUT2D eigenvalue weighted by Crippen LogP contribution is -2.30. The number of amides is 1. The molecule has 0 spiro atoms. The van der Waals surface area contributed by atoms with Crippen LogP contribution in [0.4, 0.5) is 4.39 Å². The second-order valence-corrected chi connectivity index (χ2v) is 8.06. The number of hydrogen-bond donors (Lipinski definition) is 1. The molecule has 0 unspecified atom stereocenters. The van der Waals surface area contributed by atoms with E-state index in [-0.39, 0.29) is 17.0 Å². The highest BCUT2D eigenvalue weighted by Gasteiger charge is 2.31. The monoisotopic (exact) mass is 397 g/mol. The molecule has 6 nitrogen and oxygen atoms in total. The Kier molecular flexibility index (Phi) is 5.38. The van der Waals surface area contributed by atoms with E-state index >= 15 is 0 Å². The van der Waals surface area contributed by atoms with Crippen LogP contribution in [-0.2, 0) is 11.3 Å². The minimum Gasteiger partial charge on any atom is -0.351 e. The largest absolute Gasteiger partial charge is 0.351 e. The summed E-state index contributed by atoms with van der Waals surface area (Å²) < 4.78 is 15.1. The highest BCUT2D eigenvalue weighted by atomic mass is 32.2. The van der Waals surface area contributed by atoms with Crippen molar-refractivity contribution in [3.8, 4) is 11.4 Å². The van der Waals surface area contributed by atoms with Crippen molar-refractivity contribution in [2.75, 3.05) is 0 Å². The maximum absolute atomic E-state index is 13.0. The second kappa shape index (κ2) is 8.10. The Morgan fingerprint density at radius 3 is 2.61 bits per heavy atom. The molecule has 28 heavy (non-hydrogen) atoms. The van der Waals surface area contributed by atoms with Gasteiger partial charge in [0.25, 0.3) is 0 Å². The number of benzene rings is 1. The Bertz CT molecular complexity index is 956. The average molecular weight is 397 g/mol. The van der Waals surface area contributed by atoms with Crippen LogP contribution in [0.15, 0.2) is 53.9 Å². The van der Waals surface area contributed by atoms with Gasteiger partial charge in [0.05, 0.1) is 5.25 Å². The lowest BCUT2D eigenvalue weighted by molar-refractivity contribution is -0.120. The normalized spacial score (nSPS) is 14.6. The zero-order chi connectivity index (χ0) is 19.5. The van der Waals surface area contributed by atoms with Crippen LogP contribution in [0.25, 0.3) is 11.4 Å². The summed E-state index contributed by atoms with van der Waals surface area (Å²) in [6.07, 6.45) is 5.66. The molecule has 2 heterocycles. The molecule has 1 amide bonds. The van der Waals surface area contributed by atoms with Crippen molar-refractivity contribution < 1.29 is 9.18 Å². The topological polar surface area (TPSA) is 72.7 Å². The van der Waals surface area contributed by atoms with Crippen LogP contribution in [0.2, 0.25) is 0 Å². The van der Waals surface area contributed by atoms with Crippen LogP contribution in [-0.4, -0.2) is 30.9 Å². The Balaban J connectivity index is 1.44. The van der Waals surface area contributed by atoms with Gasteiger partial charge in [-0.3, -0.25) is 14.3 Å². The second-order valence-electron chi connectivity index (χ2n) is 6.75. The van der Waals surface area contributed by atoms with Crippen molar-refractivity contribution in [2.24, 2.45) is 0 Å². The van der Waals surface area contributed by atoms with E-state index in [1.807, 2.05) is 19.1 Å². The standard InChI is InChI=1S/C20H20FN5OS/c1-13(19(27)23-12-14-2-4-16(21)5-3-14)28-20-25-24-18(26(20)17-6-7-17)15-8-10-22-11-9-15/h2-5,8-11,13,17H,6-7,12H2,1H3,(H,23,27)/t13-/m0/s1. The van der Waals surface area contributed by atoms with Crippen LogP contribution in [0.5, 0.6) is 0 Å². The lowest BCUT2D eigenvalue weighted by atomic mass is 10.2. The summed E-state index contributed by atoms with van der Waals surface area (Å²) >= 11 is 1.40. The molecule has 0 saturated heterocycles. The number of halogens is 1. The van der Waals surface area contributed by atoms with Crippen molar-refractivity contribution in [2.45, 2.75) is 42.8 Å². The number of rotatable bonds is 7. The smallest absolute Gasteiger partial charge is 0.233 e. The third-order valence-electron chi connectivity index (χ3n) is 4.55. The summed E-state index contributed by atoms with van der Waals surface area (Å²) in [6, 6.07) is 10.3. The average Bonchev–Trinajstić information content (AvgIpc) is 3.48. The summed E-state index contributed by atoms with van der Waals surface area (Å²) in [5.41, 5.74) is 1.82. The number of aromatic nitrogens is 4. The van der Waals surface area contributed by atoms with Gasteiger partial charge in [-0.25, -0.2) is 4.39 Å². The molecule has 144 valence electrons. The SMILES string of the molecule is C[C@H](Sc1nnc(-c2ccncc2)n1C1CC1)C(=O)NCc1ccc(F)cc1. The molecule has 1 N–H and O–H groups in total. The third kappa shape index (κ3) is 4.22. The first-order valence-corrected chi connectivity index (χ1v) is 10.0. The maximum Gasteiger partial charge on any atom is 0.233 e. The zero-order valence-corrected chi connectivity index (χ0v) is 16.2. The molecule has 2 aromatic heterocycles. The molecule has 0 aliphatic heterocycles. The summed E-state index contributed by atoms with van der Waals surface area (Å²) in [7, 11) is 0. The fourth-order valence-corrected chi connectivity index (χ4v) is 3.81. The molecule has 1 aliphatic rings. The van der Waals surface area contributed by atoms with Crippen molar-refractivity contribution in [3.63, 3.8) is 0 Å². The Labute approximate surface area is 166 Å². The third-order valence-corrected chi connectivity index (χ3v) is 5.60. The van der Waals surface area contributed by atoms with Gasteiger partial charge in [-0.1, -0.05) is 23.9 Å². The van der Waals surface area contributed by atoms with Gasteiger partial charge in [0.15, 0.2) is 11.0 Å². The summed E-state index contributed by atoms with van der Waals surface area (Å²) in [5, 5.41) is 12.0. The lowest BCUT2D eigenvalue weighted by Gasteiger charge is -2.13. The zero-order valence-electron chi connectivity index (χ0n) is 15.4. The molecular weight excluding hydrogens is 377 g/mol. The van der Waals surface area contributed by atoms with E-state index in [2.05, 4.69) is 25.1 Å². The fraction of sp³-hybridized carbons (Fsp3) is 0.300. The molecule has 1 aliphatic carbocycles. The fourth-order valence-electron chi connectivity index (χ4n) is 2.86. The number of pyridine rings is 1. The van der Waals surface area contributed by atoms with Gasteiger partial charge >= 0.3 is 0 Å². The van der Waals surface area contributed by atoms with E-state index in [0.717, 1.165) is 34.9 Å². The van der Waals surface area contributed by atoms with Crippen LogP contribution < -0.4 is 5.32 Å². The Morgan fingerprint density at radius 2 is 1.93 bits per heavy atom. The van der Waals surface area contributed by atoms with Gasteiger partial charge in [0, 0.05) is 30.5 Å². The highest BCUT2D eigenvalue weighted by molar-refractivity contribution is 8.00. The number of carbonyl (C=O) groups excluding carboxylic acids is 1. The molecule has 1 saturated carbocycles. The van der Waals surface area contributed by atoms with Crippen LogP contribution in [0.1, 0.15) is 31.4 Å². The van der Waals surface area contributed by atoms with E-state index in [1.54, 1.807) is 24.5 Å². The van der Waals surface area contributed by atoms with Crippen molar-refractivity contribution in [3.05, 3.63) is 60.2 Å². The molecule has 4 rings (SSSR count). The molecule has 0 bridgehead atoms. The molecule has 3 aromatic rings. The molecular formula is C20H20FN5OS. The van der Waals surface area contributed by atoms with E-state index in [0.29, 0.717) is 12.6 Å². The summed E-state index contributed by atoms with van der Waals surface area (Å²) in [5.74, 6) is 0.430. The maximum atomic E-state index is 13.0. The molecule has 1 aromatic carbocycles. The Morgan fingerprint density at radius 1 is 1.21 bits per heavy atom. The molecule has 8 heteroatoms. The number of hydrogen-bond acceptors (Lipinski definition) is 5. The quantitative estimate of drug-likeness (QED) is 0.617. The predicted octanol–water partition coefficient (Wildman–Crippen LogP) is 3.61. The minimum absolute atomic E-state index is 0.0925. The number of nitrogens with zero attached hydrogens (tertiary/aromatic N) is 4. The van der Waals surface area contributed by atoms with Crippen molar-refractivity contribution in [1.82, 2.24) is 25.1 Å². The first-order chi connectivity index (χ1) is 13.6. The highest BCUT2D eigenvalue weighted by Crippen LogP contribution is 2.41. The number of nitrogens with one attached hydrogen (secondary N) is 1. The van der Waals surface area contributed by atoms with Crippen LogP contribution in [0, 0.1) is 5.82 Å². The van der Waals surface area contributed by atoms with Crippen LogP contribution >= 0.6 is 11.8 Å². The predicted molar refractivity (Wildman–Crippen MR) is 105 cm³/mol. The van der Waals surface area contributed by atoms with Gasteiger partial charge in [0.2, 0.25) is 5.91 Å². The Hall–Kier alpha value is -2.74. The van der Waals surface area contributed by atoms with Crippen LogP contribution in [0.3, 0.4) is 0 Å². The summed E-state index contributed by atoms with van der Waals surface area (Å²) in [6.45, 7) is 2.21. The van der Waals surface area contributed by atoms with E-state index in [9.17, 15) is 9.18 Å². The number of thioether (sulfide) groups is 1. The molecule has 1 fully saturated rings. The van der Waals surface area contributed by atoms with Crippen molar-refractivity contribution in [1.29, 1.82) is 0 Å². The van der Waals surface area contributed by atoms with Gasteiger partial charge in [-0.05, 0) is 49.6 Å². The summed E-state index contributed by atoms with van der Waals surface area (Å²) in [4.78, 5) is 16.5. The molecule has 1 atom stereocenters. The first-order valence-electron chi connectivity index (χ1n) is 9.16. The van der Waals surface area contributed by atoms with E-state index < -0.39 is 0 Å². The van der Waals surface area contributed by atoms with Gasteiger partial charge < -0.3 is 5.32 Å². The van der Waals surface area contributed by atoms with E-state index in [1.165, 1.54) is 23.9 Å². The van der Waals surface area contributed by atoms with Gasteiger partial charge in [0.1, 0.15) is 5.82 Å². The minimum atomic E-state index is -0.326. The first kappa shape index (κ1) is 18.6. The van der Waals surface area contributed by atoms with E-state index in [4.69, 9.17) is 0 Å². The number of carbonyl (C=O) groups is 1.